The van der Waals surface area contributed by atoms with Gasteiger partial charge in [-0.3, -0.25) is 0 Å². The molecule has 6 nitrogen and oxygen atoms in total. The van der Waals surface area contributed by atoms with E-state index in [-0.39, 0.29) is 11.5 Å². The van der Waals surface area contributed by atoms with E-state index in [1.165, 1.54) is 31.5 Å². The second-order valence-corrected chi connectivity index (χ2v) is 9.58. The van der Waals surface area contributed by atoms with Crippen molar-refractivity contribution in [2.24, 2.45) is 0 Å². The highest BCUT2D eigenvalue weighted by molar-refractivity contribution is 8.22. The number of nitrogens with zero attached hydrogens (tertiary/aromatic N) is 2. The normalized spacial score (nSPS) is 11.3. The van der Waals surface area contributed by atoms with E-state index in [9.17, 15) is 10.2 Å². The van der Waals surface area contributed by atoms with Crippen molar-refractivity contribution in [2.45, 2.75) is 5.75 Å². The molecule has 4 rings (SSSR count). The average molecular weight is 531 g/mol. The van der Waals surface area contributed by atoms with E-state index in [4.69, 9.17) is 26.8 Å². The van der Waals surface area contributed by atoms with Crippen molar-refractivity contribution in [3.8, 4) is 23.0 Å². The predicted octanol–water partition coefficient (Wildman–Crippen LogP) is 6.72. The molecule has 4 aromatic rings. The van der Waals surface area contributed by atoms with Crippen molar-refractivity contribution >= 4 is 52.6 Å². The first-order valence-electron chi connectivity index (χ1n) is 11.4. The molecule has 0 unspecified atom stereocenters. The smallest absolute Gasteiger partial charge is 0.162 e. The zero-order valence-electron chi connectivity index (χ0n) is 20.4. The number of rotatable bonds is 8. The summed E-state index contributed by atoms with van der Waals surface area (Å²) in [5, 5.41) is 24.5. The molecule has 0 aliphatic carbocycles. The molecule has 0 spiro atoms. The maximum Gasteiger partial charge on any atom is 0.162 e. The number of methoxy groups -OCH3 is 2. The molecular formula is C29H26N2O4S2. The summed E-state index contributed by atoms with van der Waals surface area (Å²) in [6.45, 7) is 0. The summed E-state index contributed by atoms with van der Waals surface area (Å²) in [5.74, 6) is 1.71. The summed E-state index contributed by atoms with van der Waals surface area (Å²) in [7, 11) is 3.03. The molecule has 0 aliphatic rings. The number of phenols is 2. The lowest BCUT2D eigenvalue weighted by Crippen LogP contribution is -2.09. The van der Waals surface area contributed by atoms with Gasteiger partial charge in [-0.1, -0.05) is 78.6 Å². The van der Waals surface area contributed by atoms with Gasteiger partial charge in [-0.25, -0.2) is 4.68 Å². The molecule has 8 heteroatoms. The number of ether oxygens (including phenoxy) is 2. The van der Waals surface area contributed by atoms with E-state index in [0.29, 0.717) is 15.8 Å². The van der Waals surface area contributed by atoms with E-state index in [1.54, 1.807) is 41.1 Å². The highest BCUT2D eigenvalue weighted by Gasteiger charge is 2.11. The number of aromatic nitrogens is 2. The van der Waals surface area contributed by atoms with E-state index >= 15 is 0 Å². The summed E-state index contributed by atoms with van der Waals surface area (Å²) in [4.78, 5) is 0. The fourth-order valence-electron chi connectivity index (χ4n) is 3.50. The Hall–Kier alpha value is -4.01. The summed E-state index contributed by atoms with van der Waals surface area (Å²) >= 11 is 7.28. The third kappa shape index (κ3) is 6.81. The number of phenolic OH excluding ortho intramolecular Hbond substituents is 2. The Morgan fingerprint density at radius 1 is 0.838 bits per heavy atom. The quantitative estimate of drug-likeness (QED) is 0.245. The lowest BCUT2D eigenvalue weighted by molar-refractivity contribution is 0.373. The van der Waals surface area contributed by atoms with Crippen LogP contribution >= 0.6 is 24.0 Å². The fraction of sp³-hybridized carbons (Fsp3) is 0.103. The van der Waals surface area contributed by atoms with Crippen molar-refractivity contribution in [2.75, 3.05) is 14.2 Å². The number of thiocarbonyl (C=S) groups is 1. The largest absolute Gasteiger partial charge is 0.504 e. The molecule has 1 aromatic heterocycles. The van der Waals surface area contributed by atoms with Crippen LogP contribution in [0.3, 0.4) is 0 Å². The van der Waals surface area contributed by atoms with Crippen LogP contribution in [0.4, 0.5) is 0 Å². The van der Waals surface area contributed by atoms with Gasteiger partial charge in [0.25, 0.3) is 0 Å². The Morgan fingerprint density at radius 2 is 1.43 bits per heavy atom. The summed E-state index contributed by atoms with van der Waals surface area (Å²) < 4.78 is 12.8. The van der Waals surface area contributed by atoms with Crippen LogP contribution in [0.15, 0.2) is 72.8 Å². The molecule has 0 amide bonds. The number of aromatic hydroxyl groups is 2. The van der Waals surface area contributed by atoms with Crippen LogP contribution in [0, 0.1) is 0 Å². The minimum atomic E-state index is 0.0847. The topological polar surface area (TPSA) is 76.7 Å². The second-order valence-electron chi connectivity index (χ2n) is 7.98. The third-order valence-electron chi connectivity index (χ3n) is 5.43. The van der Waals surface area contributed by atoms with Crippen molar-refractivity contribution in [1.82, 2.24) is 9.78 Å². The first kappa shape index (κ1) is 26.1. The van der Waals surface area contributed by atoms with Gasteiger partial charge in [0.2, 0.25) is 0 Å². The molecule has 0 fully saturated rings. The number of hydrogen-bond donors (Lipinski definition) is 2. The van der Waals surface area contributed by atoms with Gasteiger partial charge in [0, 0.05) is 5.75 Å². The molecule has 3 aromatic carbocycles. The van der Waals surface area contributed by atoms with E-state index in [1.807, 2.05) is 48.6 Å². The minimum absolute atomic E-state index is 0.0847. The van der Waals surface area contributed by atoms with Crippen LogP contribution in [0.5, 0.6) is 23.0 Å². The number of thioether (sulfide) groups is 1. The van der Waals surface area contributed by atoms with Crippen LogP contribution < -0.4 is 9.47 Å². The van der Waals surface area contributed by atoms with Crippen molar-refractivity contribution < 1.29 is 19.7 Å². The highest BCUT2D eigenvalue weighted by Crippen LogP contribution is 2.28. The first-order valence-corrected chi connectivity index (χ1v) is 12.8. The summed E-state index contributed by atoms with van der Waals surface area (Å²) in [6, 6.07) is 22.4. The third-order valence-corrected chi connectivity index (χ3v) is 6.86. The minimum Gasteiger partial charge on any atom is -0.504 e. The Bertz CT molecular complexity index is 1450. The van der Waals surface area contributed by atoms with Crippen molar-refractivity contribution in [1.29, 1.82) is 0 Å². The summed E-state index contributed by atoms with van der Waals surface area (Å²) in [5.41, 5.74) is 4.42. The van der Waals surface area contributed by atoms with Gasteiger partial charge < -0.3 is 19.7 Å². The molecule has 0 radical (unpaired) electrons. The second kappa shape index (κ2) is 12.3. The predicted molar refractivity (Wildman–Crippen MR) is 155 cm³/mol. The van der Waals surface area contributed by atoms with Crippen molar-refractivity contribution in [3.05, 3.63) is 101 Å². The lowest BCUT2D eigenvalue weighted by atomic mass is 10.1. The molecule has 0 aliphatic heterocycles. The van der Waals surface area contributed by atoms with Gasteiger partial charge in [-0.2, -0.15) is 5.10 Å². The molecule has 37 heavy (non-hydrogen) atoms. The Balaban J connectivity index is 1.62. The zero-order chi connectivity index (χ0) is 26.2. The lowest BCUT2D eigenvalue weighted by Gasteiger charge is -2.07. The van der Waals surface area contributed by atoms with Crippen LogP contribution in [0.1, 0.15) is 28.1 Å². The van der Waals surface area contributed by atoms with Gasteiger partial charge in [-0.05, 0) is 59.2 Å². The van der Waals surface area contributed by atoms with Gasteiger partial charge in [0.05, 0.1) is 25.6 Å². The van der Waals surface area contributed by atoms with Gasteiger partial charge >= 0.3 is 0 Å². The van der Waals surface area contributed by atoms with Crippen LogP contribution in [-0.2, 0) is 5.75 Å². The van der Waals surface area contributed by atoms with E-state index < -0.39 is 0 Å². The molecule has 0 bridgehead atoms. The van der Waals surface area contributed by atoms with Gasteiger partial charge in [0.1, 0.15) is 0 Å². The summed E-state index contributed by atoms with van der Waals surface area (Å²) in [6.07, 6.45) is 7.62. The molecular weight excluding hydrogens is 504 g/mol. The first-order chi connectivity index (χ1) is 18.0. The Kier molecular flexibility index (Phi) is 8.66. The molecule has 2 N–H and O–H groups in total. The molecule has 0 saturated heterocycles. The molecule has 0 saturated carbocycles. The zero-order valence-corrected chi connectivity index (χ0v) is 22.0. The number of hydrogen-bond acceptors (Lipinski definition) is 7. The van der Waals surface area contributed by atoms with Gasteiger partial charge in [0.15, 0.2) is 27.3 Å². The van der Waals surface area contributed by atoms with Gasteiger partial charge in [-0.15, -0.1) is 0 Å². The van der Waals surface area contributed by atoms with E-state index in [2.05, 4.69) is 12.1 Å². The Morgan fingerprint density at radius 3 is 2.03 bits per heavy atom. The molecule has 0 atom stereocenters. The monoisotopic (exact) mass is 530 g/mol. The van der Waals surface area contributed by atoms with E-state index in [0.717, 1.165) is 28.3 Å². The van der Waals surface area contributed by atoms with Crippen LogP contribution in [0.25, 0.3) is 24.3 Å². The molecule has 1 heterocycles. The fourth-order valence-corrected chi connectivity index (χ4v) is 4.57. The molecule has 188 valence electrons. The van der Waals surface area contributed by atoms with Crippen LogP contribution in [-0.4, -0.2) is 38.5 Å². The maximum absolute atomic E-state index is 9.88. The Labute approximate surface area is 225 Å². The standard InChI is InChI=1S/C29H26N2O4S2/c1-34-27-16-20(10-14-25(27)32)8-12-23-18-24(13-9-21-11-15-26(33)28(17-21)35-2)31(30-23)29(36)37-19-22-6-4-3-5-7-22/h3-18,32-33H,19H2,1-2H3/b12-8+,13-9+. The SMILES string of the molecule is COc1cc(/C=C/c2cc(/C=C/c3ccc(O)c(OC)c3)n(C(=S)SCc3ccccc3)n2)ccc1O. The highest BCUT2D eigenvalue weighted by atomic mass is 32.2. The number of benzene rings is 3. The van der Waals surface area contributed by atoms with Crippen LogP contribution in [0.2, 0.25) is 0 Å². The van der Waals surface area contributed by atoms with Crippen molar-refractivity contribution in [3.63, 3.8) is 0 Å². The average Bonchev–Trinajstić information content (AvgIpc) is 3.34. The maximum atomic E-state index is 9.88.